The summed E-state index contributed by atoms with van der Waals surface area (Å²) in [4.78, 5) is 0. The van der Waals surface area contributed by atoms with Crippen molar-refractivity contribution < 1.29 is 4.74 Å². The maximum Gasteiger partial charge on any atom is 0.0800 e. The fourth-order valence-corrected chi connectivity index (χ4v) is 2.88. The molecule has 2 rings (SSSR count). The van der Waals surface area contributed by atoms with Gasteiger partial charge in [0.2, 0.25) is 0 Å². The van der Waals surface area contributed by atoms with Gasteiger partial charge in [0.25, 0.3) is 0 Å². The second-order valence-corrected chi connectivity index (χ2v) is 4.91. The normalized spacial score (nSPS) is 32.8. The Kier molecular flexibility index (Phi) is 2.23. The predicted molar refractivity (Wildman–Crippen MR) is 54.6 cm³/mol. The fourth-order valence-electron chi connectivity index (χ4n) is 2.88. The Balaban J connectivity index is 2.35. The third-order valence-corrected chi connectivity index (χ3v) is 3.29. The zero-order valence-corrected chi connectivity index (χ0v) is 9.13. The highest BCUT2D eigenvalue weighted by molar-refractivity contribution is 5.32. The third kappa shape index (κ3) is 1.34. The molecular weight excluding hydrogens is 160 g/mol. The van der Waals surface area contributed by atoms with Crippen molar-refractivity contribution in [2.75, 3.05) is 0 Å². The molecule has 0 N–H and O–H groups in total. The highest BCUT2D eigenvalue weighted by atomic mass is 16.5. The van der Waals surface area contributed by atoms with Crippen LogP contribution in [0.2, 0.25) is 0 Å². The van der Waals surface area contributed by atoms with Crippen LogP contribution in [0.4, 0.5) is 0 Å². The molecule has 0 aromatic carbocycles. The highest BCUT2D eigenvalue weighted by Crippen LogP contribution is 2.44. The van der Waals surface area contributed by atoms with E-state index in [1.165, 1.54) is 12.8 Å². The lowest BCUT2D eigenvalue weighted by Gasteiger charge is -2.22. The standard InChI is InChI=1S/C12H20O/c1-7(2)11-9-5-6-10(13-9)12(11)8(3)4/h7-10H,5-6H2,1-4H3. The average molecular weight is 180 g/mol. The van der Waals surface area contributed by atoms with Gasteiger partial charge in [0, 0.05) is 0 Å². The van der Waals surface area contributed by atoms with Gasteiger partial charge >= 0.3 is 0 Å². The van der Waals surface area contributed by atoms with Crippen LogP contribution in [-0.2, 0) is 4.74 Å². The van der Waals surface area contributed by atoms with Crippen molar-refractivity contribution in [1.29, 1.82) is 0 Å². The van der Waals surface area contributed by atoms with E-state index >= 15 is 0 Å². The Hall–Kier alpha value is -0.300. The van der Waals surface area contributed by atoms with Crippen LogP contribution in [0.1, 0.15) is 40.5 Å². The molecule has 2 aliphatic heterocycles. The molecule has 0 spiro atoms. The van der Waals surface area contributed by atoms with Crippen molar-refractivity contribution in [3.05, 3.63) is 11.1 Å². The number of hydrogen-bond acceptors (Lipinski definition) is 1. The molecule has 0 aliphatic carbocycles. The smallest absolute Gasteiger partial charge is 0.0800 e. The molecule has 2 atom stereocenters. The summed E-state index contributed by atoms with van der Waals surface area (Å²) in [7, 11) is 0. The van der Waals surface area contributed by atoms with E-state index in [0.717, 1.165) is 0 Å². The number of rotatable bonds is 2. The number of ether oxygens (including phenoxy) is 1. The molecule has 0 amide bonds. The molecule has 0 saturated carbocycles. The Morgan fingerprint density at radius 2 is 1.31 bits per heavy atom. The second kappa shape index (κ2) is 3.13. The first-order chi connectivity index (χ1) is 6.11. The van der Waals surface area contributed by atoms with Crippen molar-refractivity contribution in [2.24, 2.45) is 11.8 Å². The minimum absolute atomic E-state index is 0.474. The molecule has 2 aliphatic rings. The molecule has 74 valence electrons. The minimum Gasteiger partial charge on any atom is -0.366 e. The predicted octanol–water partition coefficient (Wildman–Crippen LogP) is 3.16. The Bertz CT molecular complexity index is 214. The van der Waals surface area contributed by atoms with Crippen LogP contribution in [0, 0.1) is 11.8 Å². The summed E-state index contributed by atoms with van der Waals surface area (Å²) in [6.45, 7) is 9.17. The molecule has 0 radical (unpaired) electrons. The number of fused-ring (bicyclic) bond motifs is 2. The first-order valence-electron chi connectivity index (χ1n) is 5.50. The zero-order valence-electron chi connectivity index (χ0n) is 9.13. The molecule has 1 heteroatoms. The summed E-state index contributed by atoms with van der Waals surface area (Å²) in [6, 6.07) is 0. The van der Waals surface area contributed by atoms with Crippen molar-refractivity contribution in [2.45, 2.75) is 52.7 Å². The maximum atomic E-state index is 5.95. The molecular formula is C12H20O. The maximum absolute atomic E-state index is 5.95. The van der Waals surface area contributed by atoms with E-state index in [2.05, 4.69) is 27.7 Å². The van der Waals surface area contributed by atoms with E-state index in [-0.39, 0.29) is 0 Å². The summed E-state index contributed by atoms with van der Waals surface area (Å²) >= 11 is 0. The van der Waals surface area contributed by atoms with Gasteiger partial charge in [-0.15, -0.1) is 0 Å². The third-order valence-electron chi connectivity index (χ3n) is 3.29. The van der Waals surface area contributed by atoms with E-state index in [9.17, 15) is 0 Å². The summed E-state index contributed by atoms with van der Waals surface area (Å²) in [5.41, 5.74) is 3.23. The first kappa shape index (κ1) is 9.26. The van der Waals surface area contributed by atoms with Gasteiger partial charge < -0.3 is 4.74 Å². The van der Waals surface area contributed by atoms with E-state index < -0.39 is 0 Å². The molecule has 0 aromatic rings. The van der Waals surface area contributed by atoms with Crippen molar-refractivity contribution in [3.8, 4) is 0 Å². The minimum atomic E-state index is 0.474. The zero-order chi connectivity index (χ0) is 9.59. The molecule has 1 nitrogen and oxygen atoms in total. The summed E-state index contributed by atoms with van der Waals surface area (Å²) in [6.07, 6.45) is 3.47. The van der Waals surface area contributed by atoms with Gasteiger partial charge in [0.1, 0.15) is 0 Å². The lowest BCUT2D eigenvalue weighted by atomic mass is 9.81. The Morgan fingerprint density at radius 1 is 0.923 bits per heavy atom. The van der Waals surface area contributed by atoms with Crippen LogP contribution in [0.25, 0.3) is 0 Å². The SMILES string of the molecule is CC(C)C1=C(C(C)C)C2CCC1O2. The van der Waals surface area contributed by atoms with Gasteiger partial charge in [-0.05, 0) is 35.8 Å². The van der Waals surface area contributed by atoms with Gasteiger partial charge in [-0.1, -0.05) is 27.7 Å². The molecule has 2 heterocycles. The quantitative estimate of drug-likeness (QED) is 0.593. The van der Waals surface area contributed by atoms with Crippen LogP contribution >= 0.6 is 0 Å². The molecule has 2 unspecified atom stereocenters. The van der Waals surface area contributed by atoms with Crippen molar-refractivity contribution in [3.63, 3.8) is 0 Å². The van der Waals surface area contributed by atoms with Gasteiger partial charge in [-0.3, -0.25) is 0 Å². The highest BCUT2D eigenvalue weighted by Gasteiger charge is 2.41. The monoisotopic (exact) mass is 180 g/mol. The fraction of sp³-hybridized carbons (Fsp3) is 0.833. The molecule has 2 bridgehead atoms. The largest absolute Gasteiger partial charge is 0.366 e. The van der Waals surface area contributed by atoms with Crippen molar-refractivity contribution in [1.82, 2.24) is 0 Å². The van der Waals surface area contributed by atoms with Gasteiger partial charge in [-0.25, -0.2) is 0 Å². The van der Waals surface area contributed by atoms with Crippen LogP contribution in [0.15, 0.2) is 11.1 Å². The molecule has 13 heavy (non-hydrogen) atoms. The summed E-state index contributed by atoms with van der Waals surface area (Å²) < 4.78 is 5.95. The molecule has 1 fully saturated rings. The second-order valence-electron chi connectivity index (χ2n) is 4.91. The van der Waals surface area contributed by atoms with Crippen LogP contribution in [-0.4, -0.2) is 12.2 Å². The van der Waals surface area contributed by atoms with Gasteiger partial charge in [0.15, 0.2) is 0 Å². The lowest BCUT2D eigenvalue weighted by Crippen LogP contribution is -2.16. The number of hydrogen-bond donors (Lipinski definition) is 0. The molecule has 0 aromatic heterocycles. The Labute approximate surface area is 81.2 Å². The van der Waals surface area contributed by atoms with E-state index in [4.69, 9.17) is 4.74 Å². The lowest BCUT2D eigenvalue weighted by molar-refractivity contribution is 0.106. The topological polar surface area (TPSA) is 9.23 Å². The van der Waals surface area contributed by atoms with E-state index in [0.29, 0.717) is 24.0 Å². The van der Waals surface area contributed by atoms with Crippen LogP contribution in [0.3, 0.4) is 0 Å². The van der Waals surface area contributed by atoms with Gasteiger partial charge in [-0.2, -0.15) is 0 Å². The summed E-state index contributed by atoms with van der Waals surface area (Å²) in [5, 5.41) is 0. The summed E-state index contributed by atoms with van der Waals surface area (Å²) in [5.74, 6) is 1.35. The van der Waals surface area contributed by atoms with Crippen molar-refractivity contribution >= 4 is 0 Å². The van der Waals surface area contributed by atoms with Gasteiger partial charge in [0.05, 0.1) is 12.2 Å². The van der Waals surface area contributed by atoms with Crippen LogP contribution < -0.4 is 0 Å². The first-order valence-corrected chi connectivity index (χ1v) is 5.50. The van der Waals surface area contributed by atoms with E-state index in [1.54, 1.807) is 11.1 Å². The molecule has 1 saturated heterocycles. The average Bonchev–Trinajstić information content (AvgIpc) is 2.60. The Morgan fingerprint density at radius 3 is 1.62 bits per heavy atom. The van der Waals surface area contributed by atoms with E-state index in [1.807, 2.05) is 0 Å². The van der Waals surface area contributed by atoms with Crippen LogP contribution in [0.5, 0.6) is 0 Å².